The van der Waals surface area contributed by atoms with E-state index in [-0.39, 0.29) is 18.4 Å². The molecule has 0 fully saturated rings. The second kappa shape index (κ2) is 7.39. The Morgan fingerprint density at radius 1 is 1.39 bits per heavy atom. The summed E-state index contributed by atoms with van der Waals surface area (Å²) in [6, 6.07) is 7.55. The molecule has 0 aliphatic rings. The van der Waals surface area contributed by atoms with Crippen molar-refractivity contribution >= 4 is 17.6 Å². The lowest BCUT2D eigenvalue weighted by Gasteiger charge is -2.17. The molecule has 0 bridgehead atoms. The zero-order valence-electron chi connectivity index (χ0n) is 10.6. The monoisotopic (exact) mass is 269 g/mol. The zero-order valence-corrected chi connectivity index (χ0v) is 11.4. The number of carboxylic acids is 1. The number of benzene rings is 1. The van der Waals surface area contributed by atoms with Crippen LogP contribution >= 0.6 is 11.6 Å². The molecule has 0 radical (unpaired) electrons. The molecule has 0 aliphatic carbocycles. The molecule has 1 aromatic rings. The van der Waals surface area contributed by atoms with E-state index >= 15 is 0 Å². The van der Waals surface area contributed by atoms with Gasteiger partial charge in [0.15, 0.2) is 0 Å². The summed E-state index contributed by atoms with van der Waals surface area (Å²) in [5, 5.41) is 9.42. The van der Waals surface area contributed by atoms with Crippen LogP contribution in [-0.4, -0.2) is 17.1 Å². The van der Waals surface area contributed by atoms with E-state index in [4.69, 9.17) is 22.4 Å². The van der Waals surface area contributed by atoms with Gasteiger partial charge in [-0.25, -0.2) is 0 Å². The number of rotatable bonds is 7. The molecule has 0 spiro atoms. The minimum atomic E-state index is -0.827. The zero-order chi connectivity index (χ0) is 13.5. The quantitative estimate of drug-likeness (QED) is 0.799. The van der Waals surface area contributed by atoms with Crippen molar-refractivity contribution in [3.8, 4) is 0 Å². The third kappa shape index (κ3) is 5.52. The molecule has 18 heavy (non-hydrogen) atoms. The van der Waals surface area contributed by atoms with Crippen molar-refractivity contribution < 1.29 is 9.90 Å². The van der Waals surface area contributed by atoms with E-state index in [2.05, 4.69) is 0 Å². The first-order valence-corrected chi connectivity index (χ1v) is 6.58. The Morgan fingerprint density at radius 3 is 2.56 bits per heavy atom. The smallest absolute Gasteiger partial charge is 0.304 e. The average Bonchev–Trinajstić information content (AvgIpc) is 2.30. The summed E-state index contributed by atoms with van der Waals surface area (Å²) in [6.45, 7) is 2.01. The predicted molar refractivity (Wildman–Crippen MR) is 73.8 cm³/mol. The van der Waals surface area contributed by atoms with Crippen LogP contribution in [0.5, 0.6) is 0 Å². The van der Waals surface area contributed by atoms with Gasteiger partial charge in [0.2, 0.25) is 0 Å². The Balaban J connectivity index is 2.28. The van der Waals surface area contributed by atoms with Crippen LogP contribution in [0.3, 0.4) is 0 Å². The van der Waals surface area contributed by atoms with Crippen LogP contribution in [0.15, 0.2) is 24.3 Å². The van der Waals surface area contributed by atoms with Gasteiger partial charge in [0.1, 0.15) is 0 Å². The molecule has 0 saturated carbocycles. The van der Waals surface area contributed by atoms with Gasteiger partial charge in [-0.05, 0) is 42.9 Å². The highest BCUT2D eigenvalue weighted by atomic mass is 35.5. The first-order chi connectivity index (χ1) is 8.49. The average molecular weight is 270 g/mol. The summed E-state index contributed by atoms with van der Waals surface area (Å²) in [5.41, 5.74) is 7.07. The molecule has 2 atom stereocenters. The first-order valence-electron chi connectivity index (χ1n) is 6.21. The molecule has 1 aromatic carbocycles. The normalized spacial score (nSPS) is 14.2. The molecule has 1 rings (SSSR count). The van der Waals surface area contributed by atoms with Gasteiger partial charge in [-0.2, -0.15) is 0 Å². The highest BCUT2D eigenvalue weighted by Gasteiger charge is 2.15. The Kier molecular flexibility index (Phi) is 6.16. The van der Waals surface area contributed by atoms with Crippen molar-refractivity contribution in [3.05, 3.63) is 34.9 Å². The number of carboxylic acid groups (broad SMARTS) is 1. The van der Waals surface area contributed by atoms with Crippen molar-refractivity contribution in [1.29, 1.82) is 0 Å². The van der Waals surface area contributed by atoms with Crippen LogP contribution in [0.1, 0.15) is 31.7 Å². The van der Waals surface area contributed by atoms with Gasteiger partial charge in [0.05, 0.1) is 6.42 Å². The molecular formula is C14H20ClNO2. The predicted octanol–water partition coefficient (Wildman–Crippen LogP) is 3.10. The first kappa shape index (κ1) is 15.0. The van der Waals surface area contributed by atoms with Gasteiger partial charge in [-0.15, -0.1) is 0 Å². The lowest BCUT2D eigenvalue weighted by atomic mass is 9.93. The van der Waals surface area contributed by atoms with Crippen LogP contribution in [0.2, 0.25) is 5.02 Å². The summed E-state index contributed by atoms with van der Waals surface area (Å²) in [5.74, 6) is -0.597. The minimum absolute atomic E-state index is 0.0438. The Labute approximate surface area is 113 Å². The molecule has 100 valence electrons. The lowest BCUT2D eigenvalue weighted by molar-refractivity contribution is -0.137. The van der Waals surface area contributed by atoms with Gasteiger partial charge in [0.25, 0.3) is 0 Å². The number of carbonyl (C=O) groups is 1. The van der Waals surface area contributed by atoms with E-state index in [1.807, 2.05) is 31.2 Å². The fourth-order valence-electron chi connectivity index (χ4n) is 1.90. The highest BCUT2D eigenvalue weighted by molar-refractivity contribution is 6.30. The van der Waals surface area contributed by atoms with E-state index in [0.29, 0.717) is 0 Å². The van der Waals surface area contributed by atoms with Gasteiger partial charge >= 0.3 is 5.97 Å². The Morgan fingerprint density at radius 2 is 2.00 bits per heavy atom. The second-order valence-electron chi connectivity index (χ2n) is 4.76. The minimum Gasteiger partial charge on any atom is -0.481 e. The number of aliphatic carboxylic acids is 1. The number of nitrogens with two attached hydrogens (primary N) is 1. The molecule has 0 aromatic heterocycles. The standard InChI is InChI=1S/C14H20ClNO2/c1-10(13(16)9-14(17)18)3-2-4-11-5-7-12(15)8-6-11/h5-8,10,13H,2-4,9,16H2,1H3,(H,17,18). The Hall–Kier alpha value is -1.06. The third-order valence-corrected chi connectivity index (χ3v) is 3.43. The fourth-order valence-corrected chi connectivity index (χ4v) is 2.02. The van der Waals surface area contributed by atoms with Crippen molar-refractivity contribution in [2.75, 3.05) is 0 Å². The van der Waals surface area contributed by atoms with Crippen LogP contribution in [0.4, 0.5) is 0 Å². The third-order valence-electron chi connectivity index (χ3n) is 3.18. The summed E-state index contributed by atoms with van der Waals surface area (Å²) < 4.78 is 0. The highest BCUT2D eigenvalue weighted by Crippen LogP contribution is 2.16. The number of hydrogen-bond acceptors (Lipinski definition) is 2. The SMILES string of the molecule is CC(CCCc1ccc(Cl)cc1)C(N)CC(=O)O. The molecule has 3 nitrogen and oxygen atoms in total. The maximum absolute atomic E-state index is 10.5. The van der Waals surface area contributed by atoms with Gasteiger partial charge in [-0.3, -0.25) is 4.79 Å². The van der Waals surface area contributed by atoms with E-state index < -0.39 is 5.97 Å². The lowest BCUT2D eigenvalue weighted by Crippen LogP contribution is -2.30. The second-order valence-corrected chi connectivity index (χ2v) is 5.19. The fraction of sp³-hybridized carbons (Fsp3) is 0.500. The van der Waals surface area contributed by atoms with E-state index in [1.165, 1.54) is 5.56 Å². The number of aryl methyl sites for hydroxylation is 1. The summed E-state index contributed by atoms with van der Waals surface area (Å²) in [4.78, 5) is 10.5. The van der Waals surface area contributed by atoms with Crippen molar-refractivity contribution in [2.45, 2.75) is 38.6 Å². The van der Waals surface area contributed by atoms with Gasteiger partial charge in [0, 0.05) is 11.1 Å². The van der Waals surface area contributed by atoms with E-state index in [1.54, 1.807) is 0 Å². The van der Waals surface area contributed by atoms with Crippen molar-refractivity contribution in [2.24, 2.45) is 11.7 Å². The van der Waals surface area contributed by atoms with E-state index in [9.17, 15) is 4.79 Å². The van der Waals surface area contributed by atoms with Crippen LogP contribution in [-0.2, 0) is 11.2 Å². The summed E-state index contributed by atoms with van der Waals surface area (Å²) in [6.07, 6.45) is 2.97. The van der Waals surface area contributed by atoms with Gasteiger partial charge < -0.3 is 10.8 Å². The summed E-state index contributed by atoms with van der Waals surface area (Å²) >= 11 is 5.81. The molecule has 4 heteroatoms. The molecule has 0 saturated heterocycles. The molecule has 0 heterocycles. The molecule has 0 amide bonds. The number of halogens is 1. The van der Waals surface area contributed by atoms with Crippen molar-refractivity contribution in [1.82, 2.24) is 0 Å². The molecule has 2 unspecified atom stereocenters. The van der Waals surface area contributed by atoms with Crippen LogP contribution in [0, 0.1) is 5.92 Å². The molecular weight excluding hydrogens is 250 g/mol. The van der Waals surface area contributed by atoms with Crippen LogP contribution < -0.4 is 5.73 Å². The topological polar surface area (TPSA) is 63.3 Å². The molecule has 3 N–H and O–H groups in total. The Bertz CT molecular complexity index is 378. The van der Waals surface area contributed by atoms with Crippen LogP contribution in [0.25, 0.3) is 0 Å². The van der Waals surface area contributed by atoms with E-state index in [0.717, 1.165) is 24.3 Å². The number of hydrogen-bond donors (Lipinski definition) is 2. The summed E-state index contributed by atoms with van der Waals surface area (Å²) in [7, 11) is 0. The molecule has 0 aliphatic heterocycles. The maximum Gasteiger partial charge on any atom is 0.304 e. The maximum atomic E-state index is 10.5. The largest absolute Gasteiger partial charge is 0.481 e. The van der Waals surface area contributed by atoms with Gasteiger partial charge in [-0.1, -0.05) is 30.7 Å². The van der Waals surface area contributed by atoms with Crippen molar-refractivity contribution in [3.63, 3.8) is 0 Å².